The van der Waals surface area contributed by atoms with Crippen LogP contribution in [-0.4, -0.2) is 63.9 Å². The van der Waals surface area contributed by atoms with Crippen LogP contribution in [0.5, 0.6) is 0 Å². The van der Waals surface area contributed by atoms with Crippen molar-refractivity contribution >= 4 is 45.9 Å². The fraction of sp³-hybridized carbons (Fsp3) is 0.471. The molecule has 2 rings (SSSR count). The van der Waals surface area contributed by atoms with Crippen LogP contribution >= 0.6 is 23.1 Å². The predicted octanol–water partition coefficient (Wildman–Crippen LogP) is 2.81. The number of nitrogens with zero attached hydrogens (tertiary/aromatic N) is 4. The molecule has 0 unspecified atom stereocenters. The van der Waals surface area contributed by atoms with E-state index >= 15 is 0 Å². The quantitative estimate of drug-likeness (QED) is 0.481. The molecule has 2 aromatic heterocycles. The largest absolute Gasteiger partial charge is 0.462 e. The van der Waals surface area contributed by atoms with Crippen molar-refractivity contribution in [3.8, 4) is 0 Å². The number of aromatic nitrogens is 3. The monoisotopic (exact) mass is 479 g/mol. The summed E-state index contributed by atoms with van der Waals surface area (Å²) in [6.45, 7) is 3.29. The van der Waals surface area contributed by atoms with Gasteiger partial charge in [-0.2, -0.15) is 13.2 Å². The van der Waals surface area contributed by atoms with Crippen LogP contribution in [0, 0.1) is 6.92 Å². The van der Waals surface area contributed by atoms with E-state index in [9.17, 15) is 27.6 Å². The van der Waals surface area contributed by atoms with E-state index in [1.54, 1.807) is 27.9 Å². The molecule has 0 fully saturated rings. The van der Waals surface area contributed by atoms with Gasteiger partial charge in [0.05, 0.1) is 22.8 Å². The molecule has 9 nitrogen and oxygen atoms in total. The molecule has 0 saturated carbocycles. The zero-order valence-corrected chi connectivity index (χ0v) is 18.9. The minimum absolute atomic E-state index is 0.0633. The number of thiophene rings is 1. The molecule has 0 radical (unpaired) electrons. The molecule has 2 amide bonds. The minimum atomic E-state index is -4.67. The maximum atomic E-state index is 12.8. The van der Waals surface area contributed by atoms with Crippen LogP contribution in [0.4, 0.5) is 18.2 Å². The third kappa shape index (κ3) is 5.55. The van der Waals surface area contributed by atoms with Gasteiger partial charge in [0.25, 0.3) is 5.91 Å². The van der Waals surface area contributed by atoms with E-state index in [4.69, 9.17) is 4.74 Å². The van der Waals surface area contributed by atoms with Gasteiger partial charge in [0.1, 0.15) is 5.00 Å². The van der Waals surface area contributed by atoms with E-state index in [0.29, 0.717) is 5.56 Å². The average molecular weight is 480 g/mol. The Labute approximate surface area is 183 Å². The number of thioether (sulfide) groups is 1. The summed E-state index contributed by atoms with van der Waals surface area (Å²) in [7, 11) is 4.25. The van der Waals surface area contributed by atoms with Crippen LogP contribution in [0.1, 0.15) is 38.3 Å². The van der Waals surface area contributed by atoms with Crippen LogP contribution in [0.3, 0.4) is 0 Å². The van der Waals surface area contributed by atoms with Gasteiger partial charge in [0.15, 0.2) is 5.16 Å². The fourth-order valence-electron chi connectivity index (χ4n) is 2.44. The summed E-state index contributed by atoms with van der Waals surface area (Å²) >= 11 is 1.67. The number of hydrogen-bond donors (Lipinski definition) is 1. The van der Waals surface area contributed by atoms with Gasteiger partial charge < -0.3 is 19.5 Å². The average Bonchev–Trinajstić information content (AvgIpc) is 3.19. The Hall–Kier alpha value is -2.61. The Morgan fingerprint density at radius 1 is 1.26 bits per heavy atom. The lowest BCUT2D eigenvalue weighted by Gasteiger charge is -2.09. The van der Waals surface area contributed by atoms with E-state index in [1.165, 1.54) is 4.90 Å². The predicted molar refractivity (Wildman–Crippen MR) is 108 cm³/mol. The van der Waals surface area contributed by atoms with Crippen molar-refractivity contribution in [2.75, 3.05) is 31.8 Å². The fourth-order valence-corrected chi connectivity index (χ4v) is 4.38. The summed E-state index contributed by atoms with van der Waals surface area (Å²) in [5.41, 5.74) is 0.432. The lowest BCUT2D eigenvalue weighted by atomic mass is 10.1. The van der Waals surface area contributed by atoms with E-state index in [2.05, 4.69) is 15.5 Å². The molecule has 14 heteroatoms. The van der Waals surface area contributed by atoms with Gasteiger partial charge in [-0.15, -0.1) is 21.5 Å². The Bertz CT molecular complexity index is 1000. The zero-order chi connectivity index (χ0) is 23.5. The first-order valence-corrected chi connectivity index (χ1v) is 10.6. The number of halogens is 3. The highest BCUT2D eigenvalue weighted by molar-refractivity contribution is 7.99. The summed E-state index contributed by atoms with van der Waals surface area (Å²) in [5, 5.41) is 9.10. The highest BCUT2D eigenvalue weighted by Gasteiger charge is 2.37. The first-order chi connectivity index (χ1) is 14.4. The van der Waals surface area contributed by atoms with E-state index in [0.717, 1.165) is 34.7 Å². The van der Waals surface area contributed by atoms with Crippen molar-refractivity contribution in [3.63, 3.8) is 0 Å². The molecule has 0 atom stereocenters. The van der Waals surface area contributed by atoms with Gasteiger partial charge in [-0.25, -0.2) is 4.79 Å². The van der Waals surface area contributed by atoms with Crippen LogP contribution < -0.4 is 5.32 Å². The smallest absolute Gasteiger partial charge is 0.451 e. The third-order valence-corrected chi connectivity index (χ3v) is 6.12. The summed E-state index contributed by atoms with van der Waals surface area (Å²) in [6, 6.07) is 0. The number of ether oxygens (including phenoxy) is 1. The number of alkyl halides is 3. The van der Waals surface area contributed by atoms with Crippen LogP contribution in [0.25, 0.3) is 0 Å². The number of anilines is 1. The molecule has 0 aliphatic carbocycles. The standard InChI is InChI=1S/C17H20F3N5O4S2/c1-6-29-14(28)10-8(2)11(13(27)24(3)4)31-12(10)21-9(26)7-30-16-23-22-15(25(16)5)17(18,19)20/h6-7H2,1-5H3,(H,21,26). The molecule has 0 aliphatic heterocycles. The summed E-state index contributed by atoms with van der Waals surface area (Å²) in [4.78, 5) is 38.8. The van der Waals surface area contributed by atoms with Crippen molar-refractivity contribution in [1.82, 2.24) is 19.7 Å². The maximum absolute atomic E-state index is 12.8. The van der Waals surface area contributed by atoms with Crippen molar-refractivity contribution in [3.05, 3.63) is 21.8 Å². The minimum Gasteiger partial charge on any atom is -0.462 e. The molecular formula is C17H20F3N5O4S2. The van der Waals surface area contributed by atoms with Crippen molar-refractivity contribution in [1.29, 1.82) is 0 Å². The van der Waals surface area contributed by atoms with E-state index in [-0.39, 0.29) is 38.9 Å². The highest BCUT2D eigenvalue weighted by atomic mass is 32.2. The molecule has 0 aliphatic rings. The molecule has 0 bridgehead atoms. The highest BCUT2D eigenvalue weighted by Crippen LogP contribution is 2.35. The second kappa shape index (κ2) is 9.68. The number of carbonyl (C=O) groups is 3. The summed E-state index contributed by atoms with van der Waals surface area (Å²) in [5.74, 6) is -3.11. The van der Waals surface area contributed by atoms with E-state index < -0.39 is 23.9 Å². The molecule has 0 spiro atoms. The topological polar surface area (TPSA) is 106 Å². The second-order valence-electron chi connectivity index (χ2n) is 6.38. The SMILES string of the molecule is CCOC(=O)c1c(NC(=O)CSc2nnc(C(F)(F)F)n2C)sc(C(=O)N(C)C)c1C. The van der Waals surface area contributed by atoms with Crippen LogP contribution in [0.2, 0.25) is 0 Å². The molecule has 0 aromatic carbocycles. The van der Waals surface area contributed by atoms with Gasteiger partial charge >= 0.3 is 12.1 Å². The zero-order valence-electron chi connectivity index (χ0n) is 17.3. The maximum Gasteiger partial charge on any atom is 0.451 e. The third-order valence-electron chi connectivity index (χ3n) is 3.90. The molecule has 0 saturated heterocycles. The molecular weight excluding hydrogens is 459 g/mol. The first-order valence-electron chi connectivity index (χ1n) is 8.79. The number of amides is 2. The number of nitrogens with one attached hydrogen (secondary N) is 1. The van der Waals surface area contributed by atoms with Crippen LogP contribution in [-0.2, 0) is 22.8 Å². The lowest BCUT2D eigenvalue weighted by Crippen LogP contribution is -2.21. The number of rotatable bonds is 7. The van der Waals surface area contributed by atoms with Crippen LogP contribution in [0.15, 0.2) is 5.16 Å². The first kappa shape index (κ1) is 24.7. The number of carbonyl (C=O) groups excluding carboxylic acids is 3. The Morgan fingerprint density at radius 3 is 2.42 bits per heavy atom. The Kier molecular flexibility index (Phi) is 7.70. The van der Waals surface area contributed by atoms with Gasteiger partial charge in [-0.05, 0) is 19.4 Å². The van der Waals surface area contributed by atoms with Crippen molar-refractivity contribution in [2.24, 2.45) is 7.05 Å². The van der Waals surface area contributed by atoms with E-state index in [1.807, 2.05) is 0 Å². The summed E-state index contributed by atoms with van der Waals surface area (Å²) < 4.78 is 44.2. The summed E-state index contributed by atoms with van der Waals surface area (Å²) in [6.07, 6.45) is -4.67. The Morgan fingerprint density at radius 2 is 1.90 bits per heavy atom. The lowest BCUT2D eigenvalue weighted by molar-refractivity contribution is -0.147. The normalized spacial score (nSPS) is 11.4. The van der Waals surface area contributed by atoms with Gasteiger partial charge in [0.2, 0.25) is 11.7 Å². The van der Waals surface area contributed by atoms with Gasteiger partial charge in [-0.3, -0.25) is 9.59 Å². The number of esters is 1. The van der Waals surface area contributed by atoms with Gasteiger partial charge in [-0.1, -0.05) is 11.8 Å². The Balaban J connectivity index is 2.22. The van der Waals surface area contributed by atoms with Crippen molar-refractivity contribution in [2.45, 2.75) is 25.2 Å². The molecule has 2 aromatic rings. The molecule has 31 heavy (non-hydrogen) atoms. The second-order valence-corrected chi connectivity index (χ2v) is 8.34. The van der Waals surface area contributed by atoms with Crippen molar-refractivity contribution < 1.29 is 32.3 Å². The molecule has 2 heterocycles. The molecule has 1 N–H and O–H groups in total. The molecule has 170 valence electrons. The van der Waals surface area contributed by atoms with Gasteiger partial charge in [0, 0.05) is 21.1 Å². The number of hydrogen-bond acceptors (Lipinski definition) is 8.